The van der Waals surface area contributed by atoms with Crippen LogP contribution in [0.1, 0.15) is 25.5 Å². The van der Waals surface area contributed by atoms with E-state index in [0.717, 1.165) is 17.1 Å². The molecule has 0 spiro atoms. The van der Waals surface area contributed by atoms with Gasteiger partial charge in [-0.3, -0.25) is 0 Å². The molecule has 0 saturated heterocycles. The third-order valence-corrected chi connectivity index (χ3v) is 2.30. The molecule has 0 aliphatic carbocycles. The summed E-state index contributed by atoms with van der Waals surface area (Å²) < 4.78 is 1.84. The lowest BCUT2D eigenvalue weighted by atomic mass is 10.1. The Kier molecular flexibility index (Phi) is 2.41. The van der Waals surface area contributed by atoms with Gasteiger partial charge in [0, 0.05) is 5.69 Å². The van der Waals surface area contributed by atoms with E-state index >= 15 is 0 Å². The van der Waals surface area contributed by atoms with Crippen molar-refractivity contribution in [3.63, 3.8) is 0 Å². The molecular weight excluding hydrogens is 188 g/mol. The summed E-state index contributed by atoms with van der Waals surface area (Å²) in [6, 6.07) is 7.61. The Morgan fingerprint density at radius 2 is 1.87 bits per heavy atom. The number of nitrogens with zero attached hydrogens (tertiary/aromatic N) is 3. The molecule has 2 aromatic rings. The first-order chi connectivity index (χ1) is 7.18. The van der Waals surface area contributed by atoms with E-state index < -0.39 is 0 Å². The molecule has 0 radical (unpaired) electrons. The molecule has 0 amide bonds. The number of hydrogen-bond donors (Lipinski definition) is 1. The highest BCUT2D eigenvalue weighted by Crippen LogP contribution is 2.17. The number of nitrogen functional groups attached to an aromatic ring is 1. The molecule has 0 aliphatic rings. The Morgan fingerprint density at radius 3 is 2.47 bits per heavy atom. The molecule has 1 aromatic heterocycles. The van der Waals surface area contributed by atoms with Gasteiger partial charge in [0.1, 0.15) is 0 Å². The Balaban J connectivity index is 2.45. The highest BCUT2D eigenvalue weighted by atomic mass is 15.4. The number of aromatic nitrogens is 3. The maximum atomic E-state index is 5.63. The van der Waals surface area contributed by atoms with Gasteiger partial charge >= 0.3 is 0 Å². The van der Waals surface area contributed by atoms with Crippen molar-refractivity contribution in [1.82, 2.24) is 15.0 Å². The predicted molar refractivity (Wildman–Crippen MR) is 59.9 cm³/mol. The Bertz CT molecular complexity index is 442. The summed E-state index contributed by atoms with van der Waals surface area (Å²) in [6.45, 7) is 4.24. The second-order valence-corrected chi connectivity index (χ2v) is 3.82. The lowest BCUT2D eigenvalue weighted by molar-refractivity contribution is 0.716. The van der Waals surface area contributed by atoms with Gasteiger partial charge in [-0.15, -0.1) is 5.10 Å². The summed E-state index contributed by atoms with van der Waals surface area (Å²) in [5, 5.41) is 7.99. The van der Waals surface area contributed by atoms with E-state index in [1.165, 1.54) is 0 Å². The molecule has 4 nitrogen and oxygen atoms in total. The Morgan fingerprint density at radius 1 is 1.20 bits per heavy atom. The highest BCUT2D eigenvalue weighted by Gasteiger charge is 2.08. The zero-order valence-corrected chi connectivity index (χ0v) is 8.88. The molecule has 1 heterocycles. The van der Waals surface area contributed by atoms with E-state index in [0.29, 0.717) is 5.92 Å². The molecule has 0 bridgehead atoms. The maximum Gasteiger partial charge on any atom is 0.0732 e. The summed E-state index contributed by atoms with van der Waals surface area (Å²) in [4.78, 5) is 0. The highest BCUT2D eigenvalue weighted by molar-refractivity contribution is 5.45. The molecule has 0 atom stereocenters. The van der Waals surface area contributed by atoms with Crippen LogP contribution in [0.25, 0.3) is 5.69 Å². The minimum Gasteiger partial charge on any atom is -0.399 e. The number of nitrogens with two attached hydrogens (primary N) is 1. The zero-order chi connectivity index (χ0) is 10.8. The molecule has 0 fully saturated rings. The van der Waals surface area contributed by atoms with Crippen LogP contribution in [0.3, 0.4) is 0 Å². The average molecular weight is 202 g/mol. The van der Waals surface area contributed by atoms with Gasteiger partial charge < -0.3 is 5.73 Å². The van der Waals surface area contributed by atoms with E-state index in [1.54, 1.807) is 6.20 Å². The van der Waals surface area contributed by atoms with Crippen LogP contribution in [0.2, 0.25) is 0 Å². The van der Waals surface area contributed by atoms with Crippen LogP contribution < -0.4 is 5.73 Å². The van der Waals surface area contributed by atoms with E-state index in [9.17, 15) is 0 Å². The third kappa shape index (κ3) is 1.83. The monoisotopic (exact) mass is 202 g/mol. The minimum atomic E-state index is 0.401. The molecule has 78 valence electrons. The van der Waals surface area contributed by atoms with Gasteiger partial charge in [0.25, 0.3) is 0 Å². The Labute approximate surface area is 88.7 Å². The van der Waals surface area contributed by atoms with E-state index in [1.807, 2.05) is 28.9 Å². The van der Waals surface area contributed by atoms with Crippen LogP contribution in [-0.4, -0.2) is 15.0 Å². The van der Waals surface area contributed by atoms with Crippen LogP contribution in [0.15, 0.2) is 30.5 Å². The van der Waals surface area contributed by atoms with Gasteiger partial charge in [-0.25, -0.2) is 4.68 Å². The van der Waals surface area contributed by atoms with Gasteiger partial charge in [-0.1, -0.05) is 19.1 Å². The number of hydrogen-bond acceptors (Lipinski definition) is 3. The van der Waals surface area contributed by atoms with Gasteiger partial charge in [-0.2, -0.15) is 0 Å². The fraction of sp³-hybridized carbons (Fsp3) is 0.273. The van der Waals surface area contributed by atoms with Crippen LogP contribution in [0.4, 0.5) is 5.69 Å². The summed E-state index contributed by atoms with van der Waals surface area (Å²) >= 11 is 0. The summed E-state index contributed by atoms with van der Waals surface area (Å²) in [7, 11) is 0. The maximum absolute atomic E-state index is 5.63. The van der Waals surface area contributed by atoms with Crippen LogP contribution >= 0.6 is 0 Å². The van der Waals surface area contributed by atoms with E-state index in [2.05, 4.69) is 24.2 Å². The van der Waals surface area contributed by atoms with Crippen LogP contribution in [0, 0.1) is 0 Å². The quantitative estimate of drug-likeness (QED) is 0.757. The molecule has 0 aliphatic heterocycles. The SMILES string of the molecule is CC(C)c1cnnn1-c1ccc(N)cc1. The number of benzene rings is 1. The van der Waals surface area contributed by atoms with Gasteiger partial charge in [0.05, 0.1) is 17.6 Å². The third-order valence-electron chi connectivity index (χ3n) is 2.30. The summed E-state index contributed by atoms with van der Waals surface area (Å²) in [5.74, 6) is 0.401. The lowest BCUT2D eigenvalue weighted by Gasteiger charge is -2.08. The number of rotatable bonds is 2. The van der Waals surface area contributed by atoms with E-state index in [4.69, 9.17) is 5.73 Å². The van der Waals surface area contributed by atoms with Crippen molar-refractivity contribution in [2.75, 3.05) is 5.73 Å². The molecule has 4 heteroatoms. The standard InChI is InChI=1S/C11H14N4/c1-8(2)11-7-13-14-15(11)10-5-3-9(12)4-6-10/h3-8H,12H2,1-2H3. The zero-order valence-electron chi connectivity index (χ0n) is 8.88. The second kappa shape index (κ2) is 3.73. The number of anilines is 1. The summed E-state index contributed by atoms with van der Waals surface area (Å²) in [5.41, 5.74) is 8.48. The topological polar surface area (TPSA) is 56.7 Å². The molecule has 2 N–H and O–H groups in total. The molecule has 0 saturated carbocycles. The van der Waals surface area contributed by atoms with Crippen LogP contribution in [0.5, 0.6) is 0 Å². The van der Waals surface area contributed by atoms with Crippen molar-refractivity contribution >= 4 is 5.69 Å². The van der Waals surface area contributed by atoms with Crippen molar-refractivity contribution in [2.45, 2.75) is 19.8 Å². The average Bonchev–Trinajstić information content (AvgIpc) is 2.67. The van der Waals surface area contributed by atoms with Crippen molar-refractivity contribution in [1.29, 1.82) is 0 Å². The first kappa shape index (κ1) is 9.71. The van der Waals surface area contributed by atoms with Crippen molar-refractivity contribution in [3.8, 4) is 5.69 Å². The summed E-state index contributed by atoms with van der Waals surface area (Å²) in [6.07, 6.45) is 1.79. The first-order valence-corrected chi connectivity index (χ1v) is 4.95. The molecular formula is C11H14N4. The predicted octanol–water partition coefficient (Wildman–Crippen LogP) is 1.97. The van der Waals surface area contributed by atoms with Gasteiger partial charge in [-0.05, 0) is 30.2 Å². The van der Waals surface area contributed by atoms with Gasteiger partial charge in [0.2, 0.25) is 0 Å². The van der Waals surface area contributed by atoms with E-state index in [-0.39, 0.29) is 0 Å². The largest absolute Gasteiger partial charge is 0.399 e. The molecule has 15 heavy (non-hydrogen) atoms. The first-order valence-electron chi connectivity index (χ1n) is 4.95. The fourth-order valence-electron chi connectivity index (χ4n) is 1.45. The minimum absolute atomic E-state index is 0.401. The smallest absolute Gasteiger partial charge is 0.0732 e. The molecule has 0 unspecified atom stereocenters. The van der Waals surface area contributed by atoms with Gasteiger partial charge in [0.15, 0.2) is 0 Å². The lowest BCUT2D eigenvalue weighted by Crippen LogP contribution is -2.03. The van der Waals surface area contributed by atoms with Crippen molar-refractivity contribution in [2.24, 2.45) is 0 Å². The Hall–Kier alpha value is -1.84. The second-order valence-electron chi connectivity index (χ2n) is 3.82. The van der Waals surface area contributed by atoms with Crippen LogP contribution in [-0.2, 0) is 0 Å². The normalized spacial score (nSPS) is 10.9. The molecule has 2 rings (SSSR count). The fourth-order valence-corrected chi connectivity index (χ4v) is 1.45. The van der Waals surface area contributed by atoms with Crippen molar-refractivity contribution < 1.29 is 0 Å². The molecule has 1 aromatic carbocycles. The van der Waals surface area contributed by atoms with Crippen molar-refractivity contribution in [3.05, 3.63) is 36.2 Å².